The normalized spacial score (nSPS) is 13.9. The molecule has 27 heavy (non-hydrogen) atoms. The summed E-state index contributed by atoms with van der Waals surface area (Å²) in [5, 5.41) is 0. The van der Waals surface area contributed by atoms with Crippen molar-refractivity contribution in [2.24, 2.45) is 0 Å². The van der Waals surface area contributed by atoms with Gasteiger partial charge in [0.05, 0.1) is 5.56 Å². The van der Waals surface area contributed by atoms with Crippen molar-refractivity contribution in [1.82, 2.24) is 0 Å². The lowest BCUT2D eigenvalue weighted by molar-refractivity contribution is -0.274. The first-order valence-electron chi connectivity index (χ1n) is 8.82. The Hall–Kier alpha value is -2.37. The van der Waals surface area contributed by atoms with E-state index in [0.717, 1.165) is 31.4 Å². The maximum Gasteiger partial charge on any atom is 0.573 e. The van der Waals surface area contributed by atoms with Gasteiger partial charge in [-0.3, -0.25) is 0 Å². The van der Waals surface area contributed by atoms with Gasteiger partial charge in [0.25, 0.3) is 0 Å². The van der Waals surface area contributed by atoms with Crippen LogP contribution < -0.4 is 4.74 Å². The molecule has 0 saturated carbocycles. The Morgan fingerprint density at radius 1 is 1.07 bits per heavy atom. The molecule has 2 aromatic carbocycles. The lowest BCUT2D eigenvalue weighted by Gasteiger charge is -2.20. The predicted molar refractivity (Wildman–Crippen MR) is 93.5 cm³/mol. The first-order chi connectivity index (χ1) is 12.8. The second-order valence-electron chi connectivity index (χ2n) is 6.60. The van der Waals surface area contributed by atoms with Crippen LogP contribution in [0.25, 0.3) is 11.1 Å². The molecule has 1 aliphatic rings. The molecule has 1 aliphatic carbocycles. The minimum atomic E-state index is -4.81. The summed E-state index contributed by atoms with van der Waals surface area (Å²) < 4.78 is 70.1. The summed E-state index contributed by atoms with van der Waals surface area (Å²) in [6.07, 6.45) is 1.11. The number of alkyl halides is 3. The number of allylic oxidation sites excluding steroid dienone is 2. The predicted octanol–water partition coefficient (Wildman–Crippen LogP) is 6.75. The monoisotopic (exact) mass is 382 g/mol. The Balaban J connectivity index is 1.89. The van der Waals surface area contributed by atoms with Crippen LogP contribution >= 0.6 is 0 Å². The fraction of sp³-hybridized carbons (Fsp3) is 0.333. The summed E-state index contributed by atoms with van der Waals surface area (Å²) in [5.74, 6) is -1.80. The van der Waals surface area contributed by atoms with Crippen LogP contribution in [0.15, 0.2) is 42.0 Å². The lowest BCUT2D eigenvalue weighted by Crippen LogP contribution is -2.17. The molecule has 0 aromatic heterocycles. The smallest absolute Gasteiger partial charge is 0.406 e. The highest BCUT2D eigenvalue weighted by Gasteiger charge is 2.31. The Morgan fingerprint density at radius 3 is 2.41 bits per heavy atom. The summed E-state index contributed by atoms with van der Waals surface area (Å²) >= 11 is 0. The van der Waals surface area contributed by atoms with E-state index in [1.165, 1.54) is 23.8 Å². The third kappa shape index (κ3) is 4.49. The molecule has 1 nitrogen and oxygen atoms in total. The first kappa shape index (κ1) is 19.4. The summed E-state index contributed by atoms with van der Waals surface area (Å²) in [7, 11) is 0. The van der Waals surface area contributed by atoms with E-state index in [9.17, 15) is 22.0 Å². The van der Waals surface area contributed by atoms with Gasteiger partial charge in [-0.1, -0.05) is 37.1 Å². The number of ether oxygens (including phenoxy) is 1. The molecule has 0 unspecified atom stereocenters. The summed E-state index contributed by atoms with van der Waals surface area (Å²) in [5.41, 5.74) is 2.21. The van der Waals surface area contributed by atoms with Crippen LogP contribution in [-0.2, 0) is 12.8 Å². The molecule has 144 valence electrons. The molecule has 2 aromatic rings. The van der Waals surface area contributed by atoms with Gasteiger partial charge in [0.15, 0.2) is 0 Å². The molecule has 0 N–H and O–H groups in total. The molecule has 0 bridgehead atoms. The van der Waals surface area contributed by atoms with Crippen LogP contribution in [0.5, 0.6) is 5.75 Å². The van der Waals surface area contributed by atoms with Gasteiger partial charge in [-0.2, -0.15) is 0 Å². The van der Waals surface area contributed by atoms with E-state index in [1.54, 1.807) is 0 Å². The lowest BCUT2D eigenvalue weighted by atomic mass is 9.86. The van der Waals surface area contributed by atoms with Gasteiger partial charge in [-0.25, -0.2) is 8.78 Å². The SMILES string of the molecule is CCCCC1=CCc2c(cc(F)c(-c3ccc(OC(F)(F)F)cc3)c2F)C1. The van der Waals surface area contributed by atoms with Crippen LogP contribution in [0.2, 0.25) is 0 Å². The third-order valence-corrected chi connectivity index (χ3v) is 4.65. The Morgan fingerprint density at radius 2 is 1.78 bits per heavy atom. The number of benzene rings is 2. The minimum Gasteiger partial charge on any atom is -0.406 e. The fourth-order valence-electron chi connectivity index (χ4n) is 3.33. The van der Waals surface area contributed by atoms with E-state index in [2.05, 4.69) is 11.7 Å². The first-order valence-corrected chi connectivity index (χ1v) is 8.82. The molecule has 0 heterocycles. The van der Waals surface area contributed by atoms with Gasteiger partial charge in [-0.15, -0.1) is 13.2 Å². The maximum absolute atomic E-state index is 15.0. The van der Waals surface area contributed by atoms with Crippen molar-refractivity contribution in [2.75, 3.05) is 0 Å². The van der Waals surface area contributed by atoms with E-state index >= 15 is 0 Å². The number of unbranched alkanes of at least 4 members (excludes halogenated alkanes) is 1. The van der Waals surface area contributed by atoms with Crippen molar-refractivity contribution in [3.8, 4) is 16.9 Å². The molecule has 3 rings (SSSR count). The topological polar surface area (TPSA) is 9.23 Å². The highest BCUT2D eigenvalue weighted by atomic mass is 19.4. The highest BCUT2D eigenvalue weighted by Crippen LogP contribution is 2.35. The van der Waals surface area contributed by atoms with E-state index in [4.69, 9.17) is 0 Å². The van der Waals surface area contributed by atoms with Gasteiger partial charge >= 0.3 is 6.36 Å². The van der Waals surface area contributed by atoms with Gasteiger partial charge in [-0.05, 0) is 60.6 Å². The number of hydrogen-bond donors (Lipinski definition) is 0. The Bertz CT molecular complexity index is 850. The Labute approximate surface area is 154 Å². The molecule has 0 aliphatic heterocycles. The second kappa shape index (κ2) is 7.71. The zero-order chi connectivity index (χ0) is 19.6. The van der Waals surface area contributed by atoms with Crippen molar-refractivity contribution in [3.05, 3.63) is 64.7 Å². The van der Waals surface area contributed by atoms with Crippen molar-refractivity contribution < 1.29 is 26.7 Å². The average Bonchev–Trinajstić information content (AvgIpc) is 2.60. The zero-order valence-corrected chi connectivity index (χ0v) is 14.8. The van der Waals surface area contributed by atoms with Gasteiger partial charge in [0.1, 0.15) is 17.4 Å². The molecular weight excluding hydrogens is 363 g/mol. The summed E-state index contributed by atoms with van der Waals surface area (Å²) in [6, 6.07) is 5.88. The average molecular weight is 382 g/mol. The van der Waals surface area contributed by atoms with E-state index in [1.807, 2.05) is 6.08 Å². The molecule has 0 fully saturated rings. The number of hydrogen-bond acceptors (Lipinski definition) is 1. The fourth-order valence-corrected chi connectivity index (χ4v) is 3.33. The zero-order valence-electron chi connectivity index (χ0n) is 14.8. The number of rotatable bonds is 5. The van der Waals surface area contributed by atoms with Gasteiger partial charge in [0, 0.05) is 0 Å². The standard InChI is InChI=1S/C21H19F5O/c1-2-3-4-13-5-10-17-15(11-13)12-18(22)19(20(17)23)14-6-8-16(9-7-14)27-21(24,25)26/h5-9,12H,2-4,10-11H2,1H3. The molecule has 6 heteroatoms. The quantitative estimate of drug-likeness (QED) is 0.411. The molecule has 0 saturated heterocycles. The van der Waals surface area contributed by atoms with E-state index < -0.39 is 23.7 Å². The third-order valence-electron chi connectivity index (χ3n) is 4.65. The second-order valence-corrected chi connectivity index (χ2v) is 6.60. The summed E-state index contributed by atoms with van der Waals surface area (Å²) in [6.45, 7) is 2.09. The maximum atomic E-state index is 15.0. The summed E-state index contributed by atoms with van der Waals surface area (Å²) in [4.78, 5) is 0. The van der Waals surface area contributed by atoms with Crippen molar-refractivity contribution in [3.63, 3.8) is 0 Å². The van der Waals surface area contributed by atoms with Crippen LogP contribution in [0.3, 0.4) is 0 Å². The molecule has 0 spiro atoms. The van der Waals surface area contributed by atoms with Gasteiger partial charge in [0.2, 0.25) is 0 Å². The van der Waals surface area contributed by atoms with Crippen LogP contribution in [-0.4, -0.2) is 6.36 Å². The van der Waals surface area contributed by atoms with Crippen molar-refractivity contribution in [1.29, 1.82) is 0 Å². The number of fused-ring (bicyclic) bond motifs is 1. The largest absolute Gasteiger partial charge is 0.573 e. The van der Waals surface area contributed by atoms with Gasteiger partial charge < -0.3 is 4.74 Å². The molecule has 0 amide bonds. The minimum absolute atomic E-state index is 0.170. The molecule has 0 radical (unpaired) electrons. The van der Waals surface area contributed by atoms with Crippen LogP contribution in [0.1, 0.15) is 37.3 Å². The molecular formula is C21H19F5O. The van der Waals surface area contributed by atoms with E-state index in [-0.39, 0.29) is 11.1 Å². The highest BCUT2D eigenvalue weighted by molar-refractivity contribution is 5.68. The van der Waals surface area contributed by atoms with Crippen LogP contribution in [0.4, 0.5) is 22.0 Å². The Kier molecular flexibility index (Phi) is 5.53. The van der Waals surface area contributed by atoms with E-state index in [0.29, 0.717) is 24.0 Å². The van der Waals surface area contributed by atoms with Crippen molar-refractivity contribution in [2.45, 2.75) is 45.4 Å². The number of halogens is 5. The van der Waals surface area contributed by atoms with Crippen LogP contribution in [0, 0.1) is 11.6 Å². The molecule has 0 atom stereocenters. The van der Waals surface area contributed by atoms with Crippen molar-refractivity contribution >= 4 is 0 Å².